The minimum atomic E-state index is -0.319. The van der Waals surface area contributed by atoms with E-state index in [4.69, 9.17) is 46.4 Å². The maximum absolute atomic E-state index is 6.55. The molecule has 0 nitrogen and oxygen atoms in total. The summed E-state index contributed by atoms with van der Waals surface area (Å²) >= 11 is 24.8. The molecular formula is C15H12Cl4. The highest BCUT2D eigenvalue weighted by molar-refractivity contribution is 6.36. The van der Waals surface area contributed by atoms with Crippen molar-refractivity contribution in [1.82, 2.24) is 0 Å². The second-order valence-corrected chi connectivity index (χ2v) is 6.17. The Hall–Kier alpha value is -0.400. The number of halogens is 4. The van der Waals surface area contributed by atoms with Crippen LogP contribution in [0, 0.1) is 13.8 Å². The summed E-state index contributed by atoms with van der Waals surface area (Å²) in [6.07, 6.45) is 0. The Morgan fingerprint density at radius 3 is 2.11 bits per heavy atom. The fraction of sp³-hybridized carbons (Fsp3) is 0.200. The Bertz CT molecular complexity index is 620. The zero-order chi connectivity index (χ0) is 14.2. The van der Waals surface area contributed by atoms with Crippen molar-refractivity contribution < 1.29 is 0 Å². The standard InChI is InChI=1S/C15H12Cl4/c1-8-6-13(17)9(2)5-12(8)15(19)11-4-3-10(16)7-14(11)18/h3-7,15H,1-2H3. The average Bonchev–Trinajstić information content (AvgIpc) is 2.33. The predicted octanol–water partition coefficient (Wildman–Crippen LogP) is 6.59. The van der Waals surface area contributed by atoms with Crippen LogP contribution in [0.3, 0.4) is 0 Å². The first-order chi connectivity index (χ1) is 8.90. The number of hydrogen-bond acceptors (Lipinski definition) is 0. The van der Waals surface area contributed by atoms with Crippen LogP contribution in [-0.4, -0.2) is 0 Å². The van der Waals surface area contributed by atoms with Crippen molar-refractivity contribution in [2.75, 3.05) is 0 Å². The summed E-state index contributed by atoms with van der Waals surface area (Å²) in [5.41, 5.74) is 3.89. The maximum atomic E-state index is 6.55. The van der Waals surface area contributed by atoms with Gasteiger partial charge in [0.05, 0.1) is 5.38 Å². The summed E-state index contributed by atoms with van der Waals surface area (Å²) in [5, 5.41) is 1.59. The molecule has 2 aromatic carbocycles. The maximum Gasteiger partial charge on any atom is 0.0852 e. The minimum absolute atomic E-state index is 0.319. The Morgan fingerprint density at radius 1 is 0.789 bits per heavy atom. The van der Waals surface area contributed by atoms with Gasteiger partial charge in [-0.15, -0.1) is 11.6 Å². The first-order valence-electron chi connectivity index (χ1n) is 5.76. The number of benzene rings is 2. The van der Waals surface area contributed by atoms with Crippen molar-refractivity contribution in [3.63, 3.8) is 0 Å². The number of rotatable bonds is 2. The topological polar surface area (TPSA) is 0 Å². The van der Waals surface area contributed by atoms with E-state index >= 15 is 0 Å². The summed E-state index contributed by atoms with van der Waals surface area (Å²) in [5.74, 6) is 0. The molecule has 2 rings (SSSR count). The molecule has 0 saturated heterocycles. The molecule has 0 aromatic heterocycles. The van der Waals surface area contributed by atoms with E-state index in [9.17, 15) is 0 Å². The summed E-state index contributed by atoms with van der Waals surface area (Å²) in [6, 6.07) is 9.26. The predicted molar refractivity (Wildman–Crippen MR) is 85.1 cm³/mol. The van der Waals surface area contributed by atoms with Crippen molar-refractivity contribution in [2.24, 2.45) is 0 Å². The van der Waals surface area contributed by atoms with Crippen molar-refractivity contribution >= 4 is 46.4 Å². The molecule has 1 atom stereocenters. The van der Waals surface area contributed by atoms with Crippen LogP contribution in [0.1, 0.15) is 27.6 Å². The number of aryl methyl sites for hydroxylation is 2. The highest BCUT2D eigenvalue weighted by Crippen LogP contribution is 2.37. The Balaban J connectivity index is 2.49. The molecule has 0 N–H and O–H groups in total. The molecule has 0 amide bonds. The van der Waals surface area contributed by atoms with Gasteiger partial charge in [0.2, 0.25) is 0 Å². The molecule has 0 heterocycles. The van der Waals surface area contributed by atoms with Gasteiger partial charge in [-0.05, 0) is 54.3 Å². The van der Waals surface area contributed by atoms with E-state index in [1.54, 1.807) is 12.1 Å². The van der Waals surface area contributed by atoms with Gasteiger partial charge in [0.15, 0.2) is 0 Å². The molecule has 4 heteroatoms. The summed E-state index contributed by atoms with van der Waals surface area (Å²) in [6.45, 7) is 3.94. The van der Waals surface area contributed by atoms with E-state index in [2.05, 4.69) is 0 Å². The van der Waals surface area contributed by atoms with Crippen molar-refractivity contribution in [3.05, 3.63) is 67.7 Å². The van der Waals surface area contributed by atoms with Gasteiger partial charge >= 0.3 is 0 Å². The van der Waals surface area contributed by atoms with Gasteiger partial charge in [0, 0.05) is 15.1 Å². The van der Waals surface area contributed by atoms with E-state index < -0.39 is 0 Å². The highest BCUT2D eigenvalue weighted by Gasteiger charge is 2.17. The van der Waals surface area contributed by atoms with Crippen LogP contribution < -0.4 is 0 Å². The largest absolute Gasteiger partial charge is 0.113 e. The fourth-order valence-electron chi connectivity index (χ4n) is 1.95. The van der Waals surface area contributed by atoms with Gasteiger partial charge in [-0.25, -0.2) is 0 Å². The van der Waals surface area contributed by atoms with Crippen LogP contribution in [0.2, 0.25) is 15.1 Å². The second-order valence-electron chi connectivity index (χ2n) is 4.49. The third-order valence-electron chi connectivity index (χ3n) is 3.06. The van der Waals surface area contributed by atoms with E-state index in [1.165, 1.54) is 0 Å². The number of hydrogen-bond donors (Lipinski definition) is 0. The normalized spacial score (nSPS) is 12.5. The molecule has 0 aliphatic heterocycles. The lowest BCUT2D eigenvalue weighted by molar-refractivity contribution is 1.10. The minimum Gasteiger partial charge on any atom is -0.113 e. The summed E-state index contributed by atoms with van der Waals surface area (Å²) in [4.78, 5) is 0. The summed E-state index contributed by atoms with van der Waals surface area (Å²) in [7, 11) is 0. The smallest absolute Gasteiger partial charge is 0.0852 e. The quantitative estimate of drug-likeness (QED) is 0.543. The van der Waals surface area contributed by atoms with Crippen molar-refractivity contribution in [3.8, 4) is 0 Å². The third kappa shape index (κ3) is 3.20. The van der Waals surface area contributed by atoms with Crippen molar-refractivity contribution in [2.45, 2.75) is 19.2 Å². The molecule has 2 aromatic rings. The van der Waals surface area contributed by atoms with Gasteiger partial charge in [0.25, 0.3) is 0 Å². The number of alkyl halides is 1. The van der Waals surface area contributed by atoms with Crippen LogP contribution >= 0.6 is 46.4 Å². The van der Waals surface area contributed by atoms with Gasteiger partial charge in [-0.1, -0.05) is 46.9 Å². The van der Waals surface area contributed by atoms with E-state index in [0.717, 1.165) is 27.3 Å². The van der Waals surface area contributed by atoms with Gasteiger partial charge in [-0.2, -0.15) is 0 Å². The van der Waals surface area contributed by atoms with Gasteiger partial charge in [0.1, 0.15) is 0 Å². The van der Waals surface area contributed by atoms with Crippen LogP contribution in [-0.2, 0) is 0 Å². The summed E-state index contributed by atoms with van der Waals surface area (Å²) < 4.78 is 0. The first-order valence-corrected chi connectivity index (χ1v) is 7.33. The second kappa shape index (κ2) is 5.93. The lowest BCUT2D eigenvalue weighted by atomic mass is 9.98. The van der Waals surface area contributed by atoms with Gasteiger partial charge < -0.3 is 0 Å². The molecule has 0 saturated carbocycles. The fourth-order valence-corrected chi connectivity index (χ4v) is 3.17. The SMILES string of the molecule is Cc1cc(C(Cl)c2ccc(Cl)cc2Cl)c(C)cc1Cl. The van der Waals surface area contributed by atoms with Crippen LogP contribution in [0.4, 0.5) is 0 Å². The molecule has 0 radical (unpaired) electrons. The molecule has 0 bridgehead atoms. The van der Waals surface area contributed by atoms with E-state index in [1.807, 2.05) is 32.0 Å². The Labute approximate surface area is 133 Å². The van der Waals surface area contributed by atoms with Gasteiger partial charge in [-0.3, -0.25) is 0 Å². The molecule has 0 aliphatic rings. The highest BCUT2D eigenvalue weighted by atomic mass is 35.5. The zero-order valence-electron chi connectivity index (χ0n) is 10.5. The Morgan fingerprint density at radius 2 is 1.47 bits per heavy atom. The third-order valence-corrected chi connectivity index (χ3v) is 4.50. The van der Waals surface area contributed by atoms with E-state index in [0.29, 0.717) is 10.0 Å². The first kappa shape index (κ1) is 15.0. The zero-order valence-corrected chi connectivity index (χ0v) is 13.5. The molecule has 19 heavy (non-hydrogen) atoms. The molecule has 1 unspecified atom stereocenters. The average molecular weight is 334 g/mol. The molecule has 0 fully saturated rings. The molecular weight excluding hydrogens is 322 g/mol. The monoisotopic (exact) mass is 332 g/mol. The lowest BCUT2D eigenvalue weighted by Gasteiger charge is -2.16. The molecule has 0 spiro atoms. The molecule has 100 valence electrons. The van der Waals surface area contributed by atoms with Crippen LogP contribution in [0.5, 0.6) is 0 Å². The lowest BCUT2D eigenvalue weighted by Crippen LogP contribution is -1.98. The molecule has 0 aliphatic carbocycles. The Kier molecular flexibility index (Phi) is 4.68. The van der Waals surface area contributed by atoms with Crippen molar-refractivity contribution in [1.29, 1.82) is 0 Å². The van der Waals surface area contributed by atoms with Crippen LogP contribution in [0.15, 0.2) is 30.3 Å². The van der Waals surface area contributed by atoms with Crippen LogP contribution in [0.25, 0.3) is 0 Å². The van der Waals surface area contributed by atoms with E-state index in [-0.39, 0.29) is 5.38 Å².